The molecule has 2 aromatic rings. The van der Waals surface area contributed by atoms with E-state index in [1.807, 2.05) is 0 Å². The van der Waals surface area contributed by atoms with E-state index < -0.39 is 34.3 Å². The minimum atomic E-state index is -4.31. The normalized spacial score (nSPS) is 13.9. The Morgan fingerprint density at radius 3 is 2.42 bits per heavy atom. The van der Waals surface area contributed by atoms with Crippen LogP contribution in [-0.2, 0) is 19.6 Å². The molecular formula is C22H25FN2O7S. The van der Waals surface area contributed by atoms with Gasteiger partial charge in [0.05, 0.1) is 24.8 Å². The fraction of sp³-hybridized carbons (Fsp3) is 0.364. The van der Waals surface area contributed by atoms with Crippen LogP contribution in [0.1, 0.15) is 36.0 Å². The van der Waals surface area contributed by atoms with Gasteiger partial charge in [0.1, 0.15) is 11.4 Å². The number of carbonyl (C=O) groups is 2. The van der Waals surface area contributed by atoms with E-state index in [0.717, 1.165) is 43.9 Å². The number of methoxy groups -OCH3 is 2. The number of sulfonamides is 1. The lowest BCUT2D eigenvalue weighted by molar-refractivity contribution is -0.124. The highest BCUT2D eigenvalue weighted by Crippen LogP contribution is 2.35. The summed E-state index contributed by atoms with van der Waals surface area (Å²) in [7, 11) is -1.77. The molecule has 11 heteroatoms. The predicted octanol–water partition coefficient (Wildman–Crippen LogP) is 2.86. The summed E-state index contributed by atoms with van der Waals surface area (Å²) >= 11 is 0. The highest BCUT2D eigenvalue weighted by molar-refractivity contribution is 7.92. The lowest BCUT2D eigenvalue weighted by atomic mass is 10.2. The van der Waals surface area contributed by atoms with E-state index in [1.165, 1.54) is 32.4 Å². The Morgan fingerprint density at radius 2 is 1.79 bits per heavy atom. The zero-order valence-corrected chi connectivity index (χ0v) is 19.0. The number of amides is 1. The Labute approximate surface area is 191 Å². The first kappa shape index (κ1) is 24.3. The first-order valence-corrected chi connectivity index (χ1v) is 11.7. The lowest BCUT2D eigenvalue weighted by Crippen LogP contribution is -2.35. The fourth-order valence-electron chi connectivity index (χ4n) is 3.54. The van der Waals surface area contributed by atoms with Gasteiger partial charge in [-0.05, 0) is 31.0 Å². The van der Waals surface area contributed by atoms with Gasteiger partial charge in [0.15, 0.2) is 18.1 Å². The highest BCUT2D eigenvalue weighted by atomic mass is 32.2. The number of esters is 1. The van der Waals surface area contributed by atoms with Crippen molar-refractivity contribution in [2.24, 2.45) is 0 Å². The standard InChI is InChI=1S/C22H25FN2O7S/c1-30-19-12-15(33(28,29)25-18-10-6-5-9-17(18)23)11-16(21(19)31-2)22(27)32-13-20(26)24-14-7-3-4-8-14/h5-6,9-12,14,25H,3-4,7-8,13H2,1-2H3,(H,24,26). The van der Waals surface area contributed by atoms with Gasteiger partial charge in [0, 0.05) is 12.1 Å². The molecule has 0 radical (unpaired) electrons. The summed E-state index contributed by atoms with van der Waals surface area (Å²) in [5, 5.41) is 2.79. The molecule has 1 aliphatic rings. The molecule has 0 heterocycles. The van der Waals surface area contributed by atoms with Gasteiger partial charge in [0.25, 0.3) is 15.9 Å². The predicted molar refractivity (Wildman–Crippen MR) is 117 cm³/mol. The molecule has 1 amide bonds. The van der Waals surface area contributed by atoms with Crippen molar-refractivity contribution in [3.05, 3.63) is 47.8 Å². The van der Waals surface area contributed by atoms with E-state index >= 15 is 0 Å². The van der Waals surface area contributed by atoms with Crippen LogP contribution in [-0.4, -0.2) is 47.2 Å². The molecule has 33 heavy (non-hydrogen) atoms. The molecule has 0 atom stereocenters. The second-order valence-electron chi connectivity index (χ2n) is 7.42. The Kier molecular flexibility index (Phi) is 7.75. The van der Waals surface area contributed by atoms with Gasteiger partial charge in [-0.25, -0.2) is 17.6 Å². The SMILES string of the molecule is COc1cc(S(=O)(=O)Nc2ccccc2F)cc(C(=O)OCC(=O)NC2CCCC2)c1OC. The van der Waals surface area contributed by atoms with Crippen molar-refractivity contribution in [1.29, 1.82) is 0 Å². The summed E-state index contributed by atoms with van der Waals surface area (Å²) in [6, 6.07) is 7.45. The third-order valence-electron chi connectivity index (χ3n) is 5.16. The molecule has 1 saturated carbocycles. The number of hydrogen-bond donors (Lipinski definition) is 2. The third-order valence-corrected chi connectivity index (χ3v) is 6.50. The van der Waals surface area contributed by atoms with Crippen LogP contribution in [0.2, 0.25) is 0 Å². The monoisotopic (exact) mass is 480 g/mol. The Bertz CT molecular complexity index is 1130. The van der Waals surface area contributed by atoms with E-state index in [4.69, 9.17) is 14.2 Å². The largest absolute Gasteiger partial charge is 0.493 e. The van der Waals surface area contributed by atoms with Crippen LogP contribution in [0.25, 0.3) is 0 Å². The van der Waals surface area contributed by atoms with Crippen molar-refractivity contribution < 1.29 is 36.6 Å². The Morgan fingerprint density at radius 1 is 1.09 bits per heavy atom. The topological polar surface area (TPSA) is 120 Å². The van der Waals surface area contributed by atoms with Crippen LogP contribution in [0.4, 0.5) is 10.1 Å². The van der Waals surface area contributed by atoms with Crippen LogP contribution in [0.3, 0.4) is 0 Å². The first-order chi connectivity index (χ1) is 15.7. The molecule has 1 aliphatic carbocycles. The van der Waals surface area contributed by atoms with Gasteiger partial charge in [-0.3, -0.25) is 9.52 Å². The van der Waals surface area contributed by atoms with Crippen molar-refractivity contribution in [2.45, 2.75) is 36.6 Å². The van der Waals surface area contributed by atoms with Gasteiger partial charge in [-0.15, -0.1) is 0 Å². The van der Waals surface area contributed by atoms with Crippen LogP contribution in [0.15, 0.2) is 41.3 Å². The molecule has 0 spiro atoms. The minimum Gasteiger partial charge on any atom is -0.493 e. The molecule has 0 bridgehead atoms. The number of hydrogen-bond acceptors (Lipinski definition) is 7. The summed E-state index contributed by atoms with van der Waals surface area (Å²) in [4.78, 5) is 24.4. The molecule has 0 aliphatic heterocycles. The van der Waals surface area contributed by atoms with Crippen molar-refractivity contribution in [3.63, 3.8) is 0 Å². The number of halogens is 1. The van der Waals surface area contributed by atoms with Gasteiger partial charge >= 0.3 is 5.97 Å². The molecule has 2 N–H and O–H groups in total. The number of benzene rings is 2. The molecule has 1 fully saturated rings. The van der Waals surface area contributed by atoms with Crippen molar-refractivity contribution in [2.75, 3.05) is 25.5 Å². The zero-order valence-electron chi connectivity index (χ0n) is 18.2. The molecular weight excluding hydrogens is 455 g/mol. The van der Waals surface area contributed by atoms with Crippen LogP contribution < -0.4 is 19.5 Å². The molecule has 2 aromatic carbocycles. The summed E-state index contributed by atoms with van der Waals surface area (Å²) in [5.41, 5.74) is -0.528. The number of ether oxygens (including phenoxy) is 3. The second-order valence-corrected chi connectivity index (χ2v) is 9.10. The van der Waals surface area contributed by atoms with E-state index in [1.54, 1.807) is 0 Å². The maximum absolute atomic E-state index is 13.9. The molecule has 0 unspecified atom stereocenters. The van der Waals surface area contributed by atoms with Gasteiger partial charge in [-0.2, -0.15) is 0 Å². The number of anilines is 1. The Hall–Kier alpha value is -3.34. The number of para-hydroxylation sites is 1. The highest BCUT2D eigenvalue weighted by Gasteiger charge is 2.26. The van der Waals surface area contributed by atoms with Gasteiger partial charge in [0.2, 0.25) is 0 Å². The summed E-state index contributed by atoms with van der Waals surface area (Å²) in [6.45, 7) is -0.536. The van der Waals surface area contributed by atoms with Crippen molar-refractivity contribution in [1.82, 2.24) is 5.32 Å². The summed E-state index contributed by atoms with van der Waals surface area (Å²) in [6.07, 6.45) is 3.81. The quantitative estimate of drug-likeness (QED) is 0.530. The van der Waals surface area contributed by atoms with Crippen LogP contribution in [0, 0.1) is 5.82 Å². The molecule has 3 rings (SSSR count). The second kappa shape index (κ2) is 10.5. The fourth-order valence-corrected chi connectivity index (χ4v) is 4.65. The van der Waals surface area contributed by atoms with E-state index in [-0.39, 0.29) is 33.7 Å². The average molecular weight is 481 g/mol. The minimum absolute atomic E-state index is 0.0590. The zero-order chi connectivity index (χ0) is 24.0. The summed E-state index contributed by atoms with van der Waals surface area (Å²) < 4.78 is 57.3. The van der Waals surface area contributed by atoms with Crippen LogP contribution >= 0.6 is 0 Å². The first-order valence-electron chi connectivity index (χ1n) is 10.2. The lowest BCUT2D eigenvalue weighted by Gasteiger charge is -2.16. The molecule has 0 aromatic heterocycles. The number of rotatable bonds is 9. The van der Waals surface area contributed by atoms with Crippen molar-refractivity contribution in [3.8, 4) is 11.5 Å². The number of carbonyl (C=O) groups excluding carboxylic acids is 2. The maximum atomic E-state index is 13.9. The van der Waals surface area contributed by atoms with E-state index in [2.05, 4.69) is 10.0 Å². The molecule has 9 nitrogen and oxygen atoms in total. The average Bonchev–Trinajstić information content (AvgIpc) is 3.30. The maximum Gasteiger partial charge on any atom is 0.342 e. The van der Waals surface area contributed by atoms with Crippen LogP contribution in [0.5, 0.6) is 11.5 Å². The molecule has 178 valence electrons. The summed E-state index contributed by atoms with van der Waals surface area (Å²) in [5.74, 6) is -2.32. The smallest absolute Gasteiger partial charge is 0.342 e. The number of nitrogens with one attached hydrogen (secondary N) is 2. The van der Waals surface area contributed by atoms with Gasteiger partial charge in [-0.1, -0.05) is 25.0 Å². The third kappa shape index (κ3) is 5.92. The van der Waals surface area contributed by atoms with Gasteiger partial charge < -0.3 is 19.5 Å². The van der Waals surface area contributed by atoms with E-state index in [9.17, 15) is 22.4 Å². The molecule has 0 saturated heterocycles. The van der Waals surface area contributed by atoms with Crippen molar-refractivity contribution >= 4 is 27.6 Å². The van der Waals surface area contributed by atoms with E-state index in [0.29, 0.717) is 0 Å². The Balaban J connectivity index is 1.84.